The number of piperidine rings is 1. The molecule has 1 aliphatic rings. The molecule has 1 aromatic carbocycles. The van der Waals surface area contributed by atoms with E-state index in [-0.39, 0.29) is 18.3 Å². The molecule has 142 valence electrons. The summed E-state index contributed by atoms with van der Waals surface area (Å²) in [7, 11) is 0. The first-order chi connectivity index (χ1) is 13.1. The Morgan fingerprint density at radius 3 is 2.89 bits per heavy atom. The van der Waals surface area contributed by atoms with Crippen molar-refractivity contribution in [1.29, 1.82) is 0 Å². The Balaban J connectivity index is 1.53. The van der Waals surface area contributed by atoms with Crippen molar-refractivity contribution in [2.24, 2.45) is 0 Å². The minimum Gasteiger partial charge on any atom is -0.346 e. The van der Waals surface area contributed by atoms with Crippen LogP contribution in [0.4, 0.5) is 8.78 Å². The zero-order valence-corrected chi connectivity index (χ0v) is 15.3. The van der Waals surface area contributed by atoms with Crippen LogP contribution in [0.3, 0.4) is 0 Å². The van der Waals surface area contributed by atoms with E-state index in [0.29, 0.717) is 12.8 Å². The molecule has 6 nitrogen and oxygen atoms in total. The lowest BCUT2D eigenvalue weighted by atomic mass is 10.1. The van der Waals surface area contributed by atoms with E-state index in [9.17, 15) is 13.6 Å². The van der Waals surface area contributed by atoms with Gasteiger partial charge >= 0.3 is 0 Å². The molecule has 1 amide bonds. The maximum Gasteiger partial charge on any atom is 0.282 e. The van der Waals surface area contributed by atoms with Gasteiger partial charge in [-0.15, -0.1) is 16.4 Å². The van der Waals surface area contributed by atoms with Crippen molar-refractivity contribution in [2.75, 3.05) is 13.1 Å². The molecule has 0 spiro atoms. The molecule has 0 bridgehead atoms. The lowest BCUT2D eigenvalue weighted by Gasteiger charge is -2.23. The van der Waals surface area contributed by atoms with Crippen LogP contribution in [0.1, 0.15) is 47.1 Å². The Hall–Kier alpha value is -2.39. The fraction of sp³-hybridized carbons (Fsp3) is 0.389. The van der Waals surface area contributed by atoms with Gasteiger partial charge in [-0.1, -0.05) is 23.4 Å². The highest BCUT2D eigenvalue weighted by molar-refractivity contribution is 7.17. The maximum atomic E-state index is 13.7. The number of aromatic nitrogens is 3. The van der Waals surface area contributed by atoms with Gasteiger partial charge in [0.15, 0.2) is 5.69 Å². The summed E-state index contributed by atoms with van der Waals surface area (Å²) >= 11 is 1.58. The highest BCUT2D eigenvalue weighted by atomic mass is 32.1. The summed E-state index contributed by atoms with van der Waals surface area (Å²) in [6.45, 7) is 1.73. The second-order valence-electron chi connectivity index (χ2n) is 6.49. The smallest absolute Gasteiger partial charge is 0.282 e. The number of thiophene rings is 1. The third kappa shape index (κ3) is 3.57. The number of benzene rings is 1. The van der Waals surface area contributed by atoms with Gasteiger partial charge in [0.2, 0.25) is 0 Å². The number of nitrogens with one attached hydrogen (secondary N) is 2. The largest absolute Gasteiger partial charge is 0.346 e. The molecular formula is C18H19F2N5OS. The van der Waals surface area contributed by atoms with Crippen molar-refractivity contribution in [1.82, 2.24) is 25.6 Å². The predicted octanol–water partition coefficient (Wildman–Crippen LogP) is 3.28. The number of hydrogen-bond acceptors (Lipinski definition) is 5. The monoisotopic (exact) mass is 391 g/mol. The van der Waals surface area contributed by atoms with E-state index in [0.717, 1.165) is 28.7 Å². The van der Waals surface area contributed by atoms with Gasteiger partial charge in [-0.05, 0) is 48.3 Å². The quantitative estimate of drug-likeness (QED) is 0.700. The molecule has 2 aromatic heterocycles. The molecule has 1 fully saturated rings. The molecule has 0 unspecified atom stereocenters. The molecule has 0 atom stereocenters. The second-order valence-corrected chi connectivity index (χ2v) is 7.40. The Morgan fingerprint density at radius 1 is 1.33 bits per heavy atom. The summed E-state index contributed by atoms with van der Waals surface area (Å²) in [4.78, 5) is 12.5. The molecule has 1 saturated heterocycles. The van der Waals surface area contributed by atoms with E-state index in [1.54, 1.807) is 11.3 Å². The molecule has 3 heterocycles. The third-order valence-corrected chi connectivity index (χ3v) is 5.82. The maximum absolute atomic E-state index is 13.7. The summed E-state index contributed by atoms with van der Waals surface area (Å²) in [5, 5.41) is 16.6. The number of nitrogens with zero attached hydrogens (tertiary/aromatic N) is 3. The van der Waals surface area contributed by atoms with Crippen molar-refractivity contribution < 1.29 is 13.6 Å². The summed E-state index contributed by atoms with van der Waals surface area (Å²) in [6, 6.07) is 7.70. The molecular weight excluding hydrogens is 372 g/mol. The molecule has 1 aliphatic heterocycles. The molecule has 0 radical (unpaired) electrons. The topological polar surface area (TPSA) is 71.8 Å². The van der Waals surface area contributed by atoms with Crippen LogP contribution in [0.15, 0.2) is 29.6 Å². The Bertz CT molecular complexity index is 948. The normalized spacial score (nSPS) is 15.5. The van der Waals surface area contributed by atoms with Gasteiger partial charge in [-0.25, -0.2) is 13.5 Å². The van der Waals surface area contributed by atoms with Crippen molar-refractivity contribution in [2.45, 2.75) is 31.9 Å². The summed E-state index contributed by atoms with van der Waals surface area (Å²) < 4.78 is 29.7. The lowest BCUT2D eigenvalue weighted by molar-refractivity contribution is 0.0926. The first kappa shape index (κ1) is 18.0. The first-order valence-corrected chi connectivity index (χ1v) is 9.70. The molecule has 0 saturated carbocycles. The zero-order valence-electron chi connectivity index (χ0n) is 14.5. The lowest BCUT2D eigenvalue weighted by Crippen LogP contribution is -2.31. The number of carbonyl (C=O) groups excluding carboxylic acids is 1. The van der Waals surface area contributed by atoms with Crippen LogP contribution < -0.4 is 10.6 Å². The minimum atomic E-state index is -2.81. The van der Waals surface area contributed by atoms with Crippen LogP contribution in [0, 0.1) is 0 Å². The summed E-state index contributed by atoms with van der Waals surface area (Å²) in [5.41, 5.74) is 0.269. The van der Waals surface area contributed by atoms with Gasteiger partial charge in [0, 0.05) is 11.2 Å². The van der Waals surface area contributed by atoms with Gasteiger partial charge < -0.3 is 10.6 Å². The van der Waals surface area contributed by atoms with E-state index < -0.39 is 18.0 Å². The molecule has 4 rings (SSSR count). The fourth-order valence-electron chi connectivity index (χ4n) is 3.42. The SMILES string of the molecule is O=C(NCc1csc2ccccc12)c1nnn(C2CCNCC2)c1C(F)F. The van der Waals surface area contributed by atoms with Crippen LogP contribution in [-0.4, -0.2) is 34.0 Å². The van der Waals surface area contributed by atoms with Crippen molar-refractivity contribution in [3.8, 4) is 0 Å². The van der Waals surface area contributed by atoms with Gasteiger partial charge in [0.25, 0.3) is 12.3 Å². The van der Waals surface area contributed by atoms with Crippen LogP contribution in [0.5, 0.6) is 0 Å². The number of rotatable bonds is 5. The van der Waals surface area contributed by atoms with Crippen molar-refractivity contribution >= 4 is 27.3 Å². The molecule has 0 aliphatic carbocycles. The van der Waals surface area contributed by atoms with Crippen molar-refractivity contribution in [3.63, 3.8) is 0 Å². The van der Waals surface area contributed by atoms with Gasteiger partial charge in [0.05, 0.1) is 6.04 Å². The molecule has 2 N–H and O–H groups in total. The Labute approximate surface area is 158 Å². The number of halogens is 2. The first-order valence-electron chi connectivity index (χ1n) is 8.82. The number of hydrogen-bond donors (Lipinski definition) is 2. The standard InChI is InChI=1S/C18H19F2N5OS/c19-17(20)16-15(23-24-25(16)12-5-7-21-8-6-12)18(26)22-9-11-10-27-14-4-2-1-3-13(11)14/h1-4,10,12,17,21H,5-9H2,(H,22,26). The van der Waals surface area contributed by atoms with E-state index in [4.69, 9.17) is 0 Å². The highest BCUT2D eigenvalue weighted by Crippen LogP contribution is 2.28. The fourth-order valence-corrected chi connectivity index (χ4v) is 4.38. The predicted molar refractivity (Wildman–Crippen MR) is 99.1 cm³/mol. The number of alkyl halides is 2. The third-order valence-electron chi connectivity index (χ3n) is 4.81. The number of fused-ring (bicyclic) bond motifs is 1. The molecule has 9 heteroatoms. The Morgan fingerprint density at radius 2 is 2.11 bits per heavy atom. The average molecular weight is 391 g/mol. The van der Waals surface area contributed by atoms with Crippen LogP contribution in [0.25, 0.3) is 10.1 Å². The van der Waals surface area contributed by atoms with Gasteiger partial charge in [0.1, 0.15) is 5.69 Å². The van der Waals surface area contributed by atoms with E-state index >= 15 is 0 Å². The highest BCUT2D eigenvalue weighted by Gasteiger charge is 2.30. The summed E-state index contributed by atoms with van der Waals surface area (Å²) in [6.07, 6.45) is -1.44. The van der Waals surface area contributed by atoms with Crippen molar-refractivity contribution in [3.05, 3.63) is 46.6 Å². The van der Waals surface area contributed by atoms with E-state index in [1.807, 2.05) is 29.6 Å². The number of carbonyl (C=O) groups is 1. The molecule has 3 aromatic rings. The summed E-state index contributed by atoms with van der Waals surface area (Å²) in [5.74, 6) is -0.624. The number of amides is 1. The average Bonchev–Trinajstić information content (AvgIpc) is 3.31. The Kier molecular flexibility index (Phi) is 5.13. The molecule has 27 heavy (non-hydrogen) atoms. The van der Waals surface area contributed by atoms with E-state index in [1.165, 1.54) is 4.68 Å². The minimum absolute atomic E-state index is 0.162. The zero-order chi connectivity index (χ0) is 18.8. The second kappa shape index (κ2) is 7.69. The van der Waals surface area contributed by atoms with Crippen LogP contribution in [0.2, 0.25) is 0 Å². The van der Waals surface area contributed by atoms with E-state index in [2.05, 4.69) is 20.9 Å². The van der Waals surface area contributed by atoms with Gasteiger partial charge in [-0.2, -0.15) is 0 Å². The van der Waals surface area contributed by atoms with Gasteiger partial charge in [-0.3, -0.25) is 4.79 Å². The van der Waals surface area contributed by atoms with Crippen LogP contribution >= 0.6 is 11.3 Å². The van der Waals surface area contributed by atoms with Crippen LogP contribution in [-0.2, 0) is 6.54 Å².